The van der Waals surface area contributed by atoms with E-state index >= 15 is 0 Å². The van der Waals surface area contributed by atoms with Gasteiger partial charge in [-0.3, -0.25) is 9.59 Å². The number of rotatable bonds is 11. The lowest BCUT2D eigenvalue weighted by atomic mass is 10.0. The highest BCUT2D eigenvalue weighted by Gasteiger charge is 2.27. The molecule has 0 saturated heterocycles. The van der Waals surface area contributed by atoms with E-state index in [4.69, 9.17) is 9.47 Å². The Kier molecular flexibility index (Phi) is 10.2. The van der Waals surface area contributed by atoms with Gasteiger partial charge >= 0.3 is 6.09 Å². The Labute approximate surface area is 195 Å². The number of hydrogen-bond acceptors (Lipinski definition) is 5. The molecule has 0 heterocycles. The van der Waals surface area contributed by atoms with Crippen LogP contribution in [0.4, 0.5) is 4.79 Å². The third-order valence-corrected chi connectivity index (χ3v) is 5.08. The number of ether oxygens (including phenoxy) is 2. The number of nitrogens with zero attached hydrogens (tertiary/aromatic N) is 1. The molecule has 0 fully saturated rings. The number of alkyl carbamates (subject to hydrolysis) is 1. The monoisotopic (exact) mass is 455 g/mol. The van der Waals surface area contributed by atoms with Gasteiger partial charge in [-0.1, -0.05) is 56.3 Å². The molecule has 2 aromatic rings. The third kappa shape index (κ3) is 8.84. The summed E-state index contributed by atoms with van der Waals surface area (Å²) in [5.74, 6) is 0.308. The molecular formula is C25H33N3O5. The lowest BCUT2D eigenvalue weighted by Crippen LogP contribution is -2.50. The highest BCUT2D eigenvalue weighted by atomic mass is 16.5. The minimum atomic E-state index is -0.690. The number of likely N-dealkylation sites (N-methyl/N-ethyl adjacent to an activating group) is 1. The van der Waals surface area contributed by atoms with Crippen LogP contribution in [0, 0.1) is 5.92 Å². The quantitative estimate of drug-likeness (QED) is 0.543. The molecule has 2 N–H and O–H groups in total. The minimum Gasteiger partial charge on any atom is -0.497 e. The number of carbonyl (C=O) groups is 3. The largest absolute Gasteiger partial charge is 0.497 e. The van der Waals surface area contributed by atoms with Gasteiger partial charge in [0, 0.05) is 13.6 Å². The van der Waals surface area contributed by atoms with Crippen LogP contribution in [0.5, 0.6) is 5.75 Å². The molecule has 0 spiro atoms. The van der Waals surface area contributed by atoms with Gasteiger partial charge in [0.05, 0.1) is 7.11 Å². The van der Waals surface area contributed by atoms with E-state index in [9.17, 15) is 14.4 Å². The molecular weight excluding hydrogens is 422 g/mol. The summed E-state index contributed by atoms with van der Waals surface area (Å²) in [5, 5.41) is 5.35. The number of carbonyl (C=O) groups excluding carboxylic acids is 3. The zero-order valence-electron chi connectivity index (χ0n) is 19.7. The van der Waals surface area contributed by atoms with Crippen molar-refractivity contribution in [1.29, 1.82) is 0 Å². The topological polar surface area (TPSA) is 97.0 Å². The van der Waals surface area contributed by atoms with Crippen LogP contribution in [0.1, 0.15) is 31.4 Å². The first-order valence-electron chi connectivity index (χ1n) is 10.9. The second-order valence-corrected chi connectivity index (χ2v) is 8.13. The molecule has 178 valence electrons. The summed E-state index contributed by atoms with van der Waals surface area (Å²) in [5.41, 5.74) is 1.77. The molecule has 0 aromatic heterocycles. The van der Waals surface area contributed by atoms with Crippen molar-refractivity contribution < 1.29 is 23.9 Å². The fourth-order valence-corrected chi connectivity index (χ4v) is 3.16. The van der Waals surface area contributed by atoms with E-state index in [2.05, 4.69) is 10.6 Å². The number of methoxy groups -OCH3 is 1. The lowest BCUT2D eigenvalue weighted by molar-refractivity contribution is -0.138. The Hall–Kier alpha value is -3.55. The Morgan fingerprint density at radius 1 is 0.939 bits per heavy atom. The smallest absolute Gasteiger partial charge is 0.407 e. The molecule has 0 aliphatic carbocycles. The molecule has 0 radical (unpaired) electrons. The van der Waals surface area contributed by atoms with Crippen molar-refractivity contribution in [3.05, 3.63) is 65.7 Å². The maximum absolute atomic E-state index is 12.9. The summed E-state index contributed by atoms with van der Waals surface area (Å²) >= 11 is 0. The molecule has 2 aromatic carbocycles. The van der Waals surface area contributed by atoms with Gasteiger partial charge in [-0.2, -0.15) is 0 Å². The fraction of sp³-hybridized carbons (Fsp3) is 0.400. The first-order valence-corrected chi connectivity index (χ1v) is 10.9. The molecule has 0 bridgehead atoms. The second-order valence-electron chi connectivity index (χ2n) is 8.13. The van der Waals surface area contributed by atoms with Gasteiger partial charge in [-0.15, -0.1) is 0 Å². The van der Waals surface area contributed by atoms with Crippen LogP contribution >= 0.6 is 0 Å². The maximum Gasteiger partial charge on any atom is 0.407 e. The van der Waals surface area contributed by atoms with Gasteiger partial charge in [0.2, 0.25) is 11.8 Å². The SMILES string of the molecule is COc1ccc(CNC(=O)[C@@H](CC(C)C)N(C)C(=O)CNC(=O)OCc2ccccc2)cc1. The first-order chi connectivity index (χ1) is 15.8. The molecule has 1 atom stereocenters. The van der Waals surface area contributed by atoms with Gasteiger partial charge in [0.1, 0.15) is 24.9 Å². The van der Waals surface area contributed by atoms with Crippen molar-refractivity contribution in [3.8, 4) is 5.75 Å². The number of amides is 3. The van der Waals surface area contributed by atoms with E-state index in [1.54, 1.807) is 14.2 Å². The third-order valence-electron chi connectivity index (χ3n) is 5.08. The van der Waals surface area contributed by atoms with Crippen molar-refractivity contribution in [3.63, 3.8) is 0 Å². The number of hydrogen-bond donors (Lipinski definition) is 2. The molecule has 0 aliphatic heterocycles. The molecule has 0 unspecified atom stereocenters. The van der Waals surface area contributed by atoms with Crippen molar-refractivity contribution >= 4 is 17.9 Å². The zero-order valence-corrected chi connectivity index (χ0v) is 19.7. The Balaban J connectivity index is 1.87. The lowest BCUT2D eigenvalue weighted by Gasteiger charge is -2.28. The van der Waals surface area contributed by atoms with Gasteiger partial charge in [-0.25, -0.2) is 4.79 Å². The standard InChI is InChI=1S/C25H33N3O5/c1-18(2)14-22(24(30)26-15-19-10-12-21(32-4)13-11-19)28(3)23(29)16-27-25(31)33-17-20-8-6-5-7-9-20/h5-13,18,22H,14-17H2,1-4H3,(H,26,30)(H,27,31)/t22-/m1/s1. The molecule has 0 saturated carbocycles. The van der Waals surface area contributed by atoms with Crippen LogP contribution in [0.3, 0.4) is 0 Å². The van der Waals surface area contributed by atoms with E-state index < -0.39 is 12.1 Å². The zero-order chi connectivity index (χ0) is 24.2. The van der Waals surface area contributed by atoms with Crippen LogP contribution in [0.15, 0.2) is 54.6 Å². The Bertz CT molecular complexity index is 900. The number of nitrogens with one attached hydrogen (secondary N) is 2. The summed E-state index contributed by atoms with van der Waals surface area (Å²) in [6.07, 6.45) is -0.195. The van der Waals surface area contributed by atoms with Crippen LogP contribution in [-0.4, -0.2) is 49.6 Å². The first kappa shape index (κ1) is 25.7. The average Bonchev–Trinajstić information content (AvgIpc) is 2.83. The average molecular weight is 456 g/mol. The fourth-order valence-electron chi connectivity index (χ4n) is 3.16. The van der Waals surface area contributed by atoms with E-state index in [-0.39, 0.29) is 30.9 Å². The highest BCUT2D eigenvalue weighted by Crippen LogP contribution is 2.13. The van der Waals surface area contributed by atoms with Gasteiger partial charge in [0.25, 0.3) is 0 Å². The van der Waals surface area contributed by atoms with Crippen molar-refractivity contribution in [2.75, 3.05) is 20.7 Å². The maximum atomic E-state index is 12.9. The molecule has 0 aliphatic rings. The summed E-state index contributed by atoms with van der Waals surface area (Å²) in [6, 6.07) is 16.0. The van der Waals surface area contributed by atoms with Crippen molar-refractivity contribution in [1.82, 2.24) is 15.5 Å². The molecule has 3 amide bonds. The predicted molar refractivity (Wildman–Crippen MR) is 125 cm³/mol. The predicted octanol–water partition coefficient (Wildman–Crippen LogP) is 3.11. The van der Waals surface area contributed by atoms with E-state index in [0.717, 1.165) is 16.9 Å². The Morgan fingerprint density at radius 3 is 2.21 bits per heavy atom. The molecule has 8 heteroatoms. The van der Waals surface area contributed by atoms with Gasteiger partial charge in [-0.05, 0) is 35.6 Å². The van der Waals surface area contributed by atoms with Crippen LogP contribution < -0.4 is 15.4 Å². The van der Waals surface area contributed by atoms with Crippen molar-refractivity contribution in [2.24, 2.45) is 5.92 Å². The second kappa shape index (κ2) is 13.1. The molecule has 33 heavy (non-hydrogen) atoms. The number of benzene rings is 2. The van der Waals surface area contributed by atoms with Crippen molar-refractivity contribution in [2.45, 2.75) is 39.5 Å². The summed E-state index contributed by atoms with van der Waals surface area (Å²) < 4.78 is 10.3. The molecule has 2 rings (SSSR count). The van der Waals surface area contributed by atoms with Crippen LogP contribution in [-0.2, 0) is 27.5 Å². The molecule has 8 nitrogen and oxygen atoms in total. The van der Waals surface area contributed by atoms with E-state index in [1.165, 1.54) is 4.90 Å². The van der Waals surface area contributed by atoms with E-state index in [1.807, 2.05) is 68.4 Å². The minimum absolute atomic E-state index is 0.112. The summed E-state index contributed by atoms with van der Waals surface area (Å²) in [4.78, 5) is 38.8. The highest BCUT2D eigenvalue weighted by molar-refractivity contribution is 5.89. The normalized spacial score (nSPS) is 11.4. The summed E-state index contributed by atoms with van der Waals surface area (Å²) in [6.45, 7) is 4.16. The van der Waals surface area contributed by atoms with Crippen LogP contribution in [0.2, 0.25) is 0 Å². The Morgan fingerprint density at radius 2 is 1.61 bits per heavy atom. The van der Waals surface area contributed by atoms with E-state index in [0.29, 0.717) is 13.0 Å². The van der Waals surface area contributed by atoms with Gasteiger partial charge in [0.15, 0.2) is 0 Å². The van der Waals surface area contributed by atoms with Gasteiger partial charge < -0.3 is 25.0 Å². The van der Waals surface area contributed by atoms with Crippen LogP contribution in [0.25, 0.3) is 0 Å². The summed E-state index contributed by atoms with van der Waals surface area (Å²) in [7, 11) is 3.16.